The van der Waals surface area contributed by atoms with E-state index in [0.717, 1.165) is 30.2 Å². The molecule has 0 radical (unpaired) electrons. The molecule has 0 saturated heterocycles. The van der Waals surface area contributed by atoms with E-state index in [-0.39, 0.29) is 0 Å². The SMILES string of the molecule is CCNC(CC)c1ccccc1Oc1cccnc1C. The first-order chi connectivity index (χ1) is 9.76. The maximum absolute atomic E-state index is 6.07. The van der Waals surface area contributed by atoms with Gasteiger partial charge in [0.1, 0.15) is 11.5 Å². The van der Waals surface area contributed by atoms with E-state index < -0.39 is 0 Å². The minimum Gasteiger partial charge on any atom is -0.455 e. The van der Waals surface area contributed by atoms with Crippen LogP contribution in [0.3, 0.4) is 0 Å². The normalized spacial score (nSPS) is 12.2. The van der Waals surface area contributed by atoms with Crippen molar-refractivity contribution in [3.8, 4) is 11.5 Å². The number of rotatable bonds is 6. The van der Waals surface area contributed by atoms with Crippen LogP contribution in [-0.2, 0) is 0 Å². The van der Waals surface area contributed by atoms with Gasteiger partial charge in [0.05, 0.1) is 5.69 Å². The van der Waals surface area contributed by atoms with Gasteiger partial charge in [-0.3, -0.25) is 4.98 Å². The topological polar surface area (TPSA) is 34.1 Å². The highest BCUT2D eigenvalue weighted by molar-refractivity contribution is 5.40. The minimum atomic E-state index is 0.313. The van der Waals surface area contributed by atoms with E-state index in [0.29, 0.717) is 6.04 Å². The van der Waals surface area contributed by atoms with Gasteiger partial charge < -0.3 is 10.1 Å². The Morgan fingerprint density at radius 2 is 1.85 bits per heavy atom. The number of ether oxygens (including phenoxy) is 1. The number of pyridine rings is 1. The molecule has 1 heterocycles. The van der Waals surface area contributed by atoms with Gasteiger partial charge in [-0.2, -0.15) is 0 Å². The second-order valence-electron chi connectivity index (χ2n) is 4.75. The number of aromatic nitrogens is 1. The van der Waals surface area contributed by atoms with Crippen molar-refractivity contribution < 1.29 is 4.74 Å². The van der Waals surface area contributed by atoms with Gasteiger partial charge in [0.25, 0.3) is 0 Å². The molecule has 0 aliphatic carbocycles. The number of hydrogen-bond donors (Lipinski definition) is 1. The molecule has 2 aromatic rings. The molecule has 106 valence electrons. The van der Waals surface area contributed by atoms with Crippen molar-refractivity contribution >= 4 is 0 Å². The standard InChI is InChI=1S/C17H22N2O/c1-4-15(18-5-2)14-9-6-7-10-17(14)20-16-11-8-12-19-13(16)3/h6-12,15,18H,4-5H2,1-3H3. The van der Waals surface area contributed by atoms with Gasteiger partial charge in [0.15, 0.2) is 0 Å². The van der Waals surface area contributed by atoms with E-state index in [1.807, 2.05) is 31.2 Å². The first kappa shape index (κ1) is 14.5. The molecule has 1 N–H and O–H groups in total. The molecule has 3 nitrogen and oxygen atoms in total. The molecule has 1 aromatic carbocycles. The fraction of sp³-hybridized carbons (Fsp3) is 0.353. The van der Waals surface area contributed by atoms with Crippen molar-refractivity contribution in [1.82, 2.24) is 10.3 Å². The molecular weight excluding hydrogens is 248 g/mol. The Morgan fingerprint density at radius 3 is 2.55 bits per heavy atom. The maximum atomic E-state index is 6.07. The molecule has 1 atom stereocenters. The third kappa shape index (κ3) is 3.36. The number of hydrogen-bond acceptors (Lipinski definition) is 3. The third-order valence-corrected chi connectivity index (χ3v) is 3.33. The predicted molar refractivity (Wildman–Crippen MR) is 82.2 cm³/mol. The van der Waals surface area contributed by atoms with E-state index in [1.165, 1.54) is 5.56 Å². The summed E-state index contributed by atoms with van der Waals surface area (Å²) < 4.78 is 6.07. The molecule has 2 rings (SSSR count). The summed E-state index contributed by atoms with van der Waals surface area (Å²) in [4.78, 5) is 4.27. The Morgan fingerprint density at radius 1 is 1.10 bits per heavy atom. The lowest BCUT2D eigenvalue weighted by molar-refractivity contribution is 0.448. The summed E-state index contributed by atoms with van der Waals surface area (Å²) in [5, 5.41) is 3.49. The van der Waals surface area contributed by atoms with Crippen molar-refractivity contribution in [2.24, 2.45) is 0 Å². The molecule has 0 aliphatic rings. The second-order valence-corrected chi connectivity index (χ2v) is 4.75. The van der Waals surface area contributed by atoms with Gasteiger partial charge in [-0.15, -0.1) is 0 Å². The molecule has 0 bridgehead atoms. The minimum absolute atomic E-state index is 0.313. The Hall–Kier alpha value is -1.87. The van der Waals surface area contributed by atoms with Crippen LogP contribution in [0, 0.1) is 6.92 Å². The van der Waals surface area contributed by atoms with Crippen molar-refractivity contribution in [3.05, 3.63) is 53.9 Å². The lowest BCUT2D eigenvalue weighted by Gasteiger charge is -2.20. The number of nitrogens with one attached hydrogen (secondary N) is 1. The monoisotopic (exact) mass is 270 g/mol. The quantitative estimate of drug-likeness (QED) is 0.852. The number of para-hydroxylation sites is 1. The second kappa shape index (κ2) is 7.06. The lowest BCUT2D eigenvalue weighted by atomic mass is 10.0. The predicted octanol–water partition coefficient (Wildman–Crippen LogP) is 4.24. The highest BCUT2D eigenvalue weighted by Crippen LogP contribution is 2.31. The molecular formula is C17H22N2O. The average molecular weight is 270 g/mol. The third-order valence-electron chi connectivity index (χ3n) is 3.33. The molecule has 0 saturated carbocycles. The average Bonchev–Trinajstić information content (AvgIpc) is 2.48. The van der Waals surface area contributed by atoms with E-state index in [4.69, 9.17) is 4.74 Å². The Kier molecular flexibility index (Phi) is 5.13. The van der Waals surface area contributed by atoms with Crippen LogP contribution >= 0.6 is 0 Å². The highest BCUT2D eigenvalue weighted by Gasteiger charge is 2.14. The van der Waals surface area contributed by atoms with Crippen molar-refractivity contribution in [3.63, 3.8) is 0 Å². The van der Waals surface area contributed by atoms with Gasteiger partial charge in [-0.1, -0.05) is 32.0 Å². The van der Waals surface area contributed by atoms with E-state index >= 15 is 0 Å². The Labute approximate surface area is 121 Å². The maximum Gasteiger partial charge on any atom is 0.148 e. The van der Waals surface area contributed by atoms with Crippen LogP contribution in [0.15, 0.2) is 42.6 Å². The fourth-order valence-electron chi connectivity index (χ4n) is 2.28. The smallest absolute Gasteiger partial charge is 0.148 e. The number of aryl methyl sites for hydroxylation is 1. The summed E-state index contributed by atoms with van der Waals surface area (Å²) >= 11 is 0. The Balaban J connectivity index is 2.30. The summed E-state index contributed by atoms with van der Waals surface area (Å²) in [6.45, 7) is 7.20. The van der Waals surface area contributed by atoms with Crippen LogP contribution in [0.4, 0.5) is 0 Å². The zero-order valence-corrected chi connectivity index (χ0v) is 12.4. The lowest BCUT2D eigenvalue weighted by Crippen LogP contribution is -2.20. The van der Waals surface area contributed by atoms with E-state index in [1.54, 1.807) is 6.20 Å². The van der Waals surface area contributed by atoms with Gasteiger partial charge in [-0.05, 0) is 38.1 Å². The molecule has 20 heavy (non-hydrogen) atoms. The van der Waals surface area contributed by atoms with Crippen molar-refractivity contribution in [2.45, 2.75) is 33.2 Å². The Bertz CT molecular complexity index is 554. The highest BCUT2D eigenvalue weighted by atomic mass is 16.5. The molecule has 1 aromatic heterocycles. The van der Waals surface area contributed by atoms with Gasteiger partial charge in [0, 0.05) is 17.8 Å². The molecule has 3 heteroatoms. The summed E-state index contributed by atoms with van der Waals surface area (Å²) in [5.74, 6) is 1.71. The van der Waals surface area contributed by atoms with Crippen LogP contribution in [0.2, 0.25) is 0 Å². The molecule has 0 fully saturated rings. The van der Waals surface area contributed by atoms with Crippen molar-refractivity contribution in [2.75, 3.05) is 6.54 Å². The summed E-state index contributed by atoms with van der Waals surface area (Å²) in [6, 6.07) is 12.4. The summed E-state index contributed by atoms with van der Waals surface area (Å²) in [5.41, 5.74) is 2.10. The van der Waals surface area contributed by atoms with Gasteiger partial charge in [0.2, 0.25) is 0 Å². The van der Waals surface area contributed by atoms with Crippen LogP contribution in [-0.4, -0.2) is 11.5 Å². The van der Waals surface area contributed by atoms with Gasteiger partial charge >= 0.3 is 0 Å². The first-order valence-electron chi connectivity index (χ1n) is 7.18. The first-order valence-corrected chi connectivity index (χ1v) is 7.18. The van der Waals surface area contributed by atoms with E-state index in [9.17, 15) is 0 Å². The fourth-order valence-corrected chi connectivity index (χ4v) is 2.28. The van der Waals surface area contributed by atoms with Crippen LogP contribution in [0.1, 0.15) is 37.6 Å². The number of benzene rings is 1. The molecule has 0 aliphatic heterocycles. The van der Waals surface area contributed by atoms with Crippen LogP contribution < -0.4 is 10.1 Å². The van der Waals surface area contributed by atoms with E-state index in [2.05, 4.69) is 36.3 Å². The summed E-state index contributed by atoms with van der Waals surface area (Å²) in [7, 11) is 0. The van der Waals surface area contributed by atoms with Crippen LogP contribution in [0.5, 0.6) is 11.5 Å². The summed E-state index contributed by atoms with van der Waals surface area (Å²) in [6.07, 6.45) is 2.81. The van der Waals surface area contributed by atoms with Crippen LogP contribution in [0.25, 0.3) is 0 Å². The molecule has 0 amide bonds. The van der Waals surface area contributed by atoms with Crippen molar-refractivity contribution in [1.29, 1.82) is 0 Å². The zero-order valence-electron chi connectivity index (χ0n) is 12.4. The number of nitrogens with zero attached hydrogens (tertiary/aromatic N) is 1. The molecule has 1 unspecified atom stereocenters. The zero-order chi connectivity index (χ0) is 14.4. The largest absolute Gasteiger partial charge is 0.455 e. The van der Waals surface area contributed by atoms with Gasteiger partial charge in [-0.25, -0.2) is 0 Å². The molecule has 0 spiro atoms.